The van der Waals surface area contributed by atoms with E-state index >= 15 is 0 Å². The second kappa shape index (κ2) is 7.13. The summed E-state index contributed by atoms with van der Waals surface area (Å²) in [5.74, 6) is 1.69. The lowest BCUT2D eigenvalue weighted by atomic mass is 9.99. The number of pyridine rings is 1. The lowest BCUT2D eigenvalue weighted by Crippen LogP contribution is -2.05. The molecule has 0 N–H and O–H groups in total. The highest BCUT2D eigenvalue weighted by molar-refractivity contribution is 9.10. The number of rotatable bonds is 4. The number of imidazole rings is 1. The molecule has 2 aromatic carbocycles. The van der Waals surface area contributed by atoms with Crippen molar-refractivity contribution in [1.82, 2.24) is 14.5 Å². The van der Waals surface area contributed by atoms with Crippen LogP contribution in [0.3, 0.4) is 0 Å². The maximum Gasteiger partial charge on any atom is 0.160 e. The van der Waals surface area contributed by atoms with Crippen molar-refractivity contribution in [3.05, 3.63) is 81.7 Å². The van der Waals surface area contributed by atoms with Crippen LogP contribution in [0.4, 0.5) is 0 Å². The summed E-state index contributed by atoms with van der Waals surface area (Å²) in [6, 6.07) is 18.5. The third-order valence-corrected chi connectivity index (χ3v) is 6.38. The predicted octanol–water partition coefficient (Wildman–Crippen LogP) is 5.97. The maximum atomic E-state index is 9.37. The topological polar surface area (TPSA) is 54.5 Å². The highest BCUT2D eigenvalue weighted by Crippen LogP contribution is 2.41. The summed E-state index contributed by atoms with van der Waals surface area (Å²) in [7, 11) is 0. The van der Waals surface area contributed by atoms with Gasteiger partial charge in [0.1, 0.15) is 11.3 Å². The Kier molecular flexibility index (Phi) is 4.44. The number of aryl methyl sites for hydroxylation is 1. The van der Waals surface area contributed by atoms with Crippen LogP contribution in [0.2, 0.25) is 0 Å². The van der Waals surface area contributed by atoms with E-state index in [9.17, 15) is 5.26 Å². The molecular weight excluding hydrogens is 424 g/mol. The number of aromatic nitrogens is 3. The smallest absolute Gasteiger partial charge is 0.160 e. The van der Waals surface area contributed by atoms with Crippen LogP contribution in [-0.4, -0.2) is 14.5 Å². The molecule has 5 rings (SSSR count). The molecule has 29 heavy (non-hydrogen) atoms. The third-order valence-electron chi connectivity index (χ3n) is 5.58. The number of nitriles is 1. The fourth-order valence-electron chi connectivity index (χ4n) is 3.79. The van der Waals surface area contributed by atoms with Gasteiger partial charge in [0.2, 0.25) is 0 Å². The molecular formula is C24H19BrN4. The van der Waals surface area contributed by atoms with Gasteiger partial charge in [0.15, 0.2) is 5.65 Å². The van der Waals surface area contributed by atoms with Crippen LogP contribution in [-0.2, 0) is 6.54 Å². The standard InChI is InChI=1S/C24H19BrN4/c1-15-21(25)13-27-24-22(15)28-23(18-10-11-18)29(24)14-16-6-8-17(9-7-16)20-5-3-2-4-19(20)12-26/h2-9,13,18H,10-11,14H2,1H3. The SMILES string of the molecule is Cc1c(Br)cnc2c1nc(C1CC1)n2Cc1ccc(-c2ccccc2C#N)cc1. The normalized spacial score (nSPS) is 13.6. The summed E-state index contributed by atoms with van der Waals surface area (Å²) in [5, 5.41) is 9.37. The first-order valence-electron chi connectivity index (χ1n) is 9.75. The molecule has 142 valence electrons. The number of hydrogen-bond acceptors (Lipinski definition) is 3. The third kappa shape index (κ3) is 3.24. The summed E-state index contributed by atoms with van der Waals surface area (Å²) >= 11 is 3.58. The van der Waals surface area contributed by atoms with Gasteiger partial charge in [-0.3, -0.25) is 0 Å². The van der Waals surface area contributed by atoms with Crippen molar-refractivity contribution in [2.45, 2.75) is 32.2 Å². The first-order chi connectivity index (χ1) is 14.2. The minimum Gasteiger partial charge on any atom is -0.308 e. The molecule has 0 spiro atoms. The fourth-order valence-corrected chi connectivity index (χ4v) is 4.08. The zero-order valence-corrected chi connectivity index (χ0v) is 17.6. The average Bonchev–Trinajstić information content (AvgIpc) is 3.54. The van der Waals surface area contributed by atoms with Crippen molar-refractivity contribution in [1.29, 1.82) is 5.26 Å². The first-order valence-corrected chi connectivity index (χ1v) is 10.5. The van der Waals surface area contributed by atoms with Gasteiger partial charge in [-0.2, -0.15) is 5.26 Å². The van der Waals surface area contributed by atoms with Gasteiger partial charge in [0.25, 0.3) is 0 Å². The number of halogens is 1. The van der Waals surface area contributed by atoms with E-state index in [2.05, 4.69) is 62.7 Å². The van der Waals surface area contributed by atoms with Gasteiger partial charge in [0, 0.05) is 16.6 Å². The Bertz CT molecular complexity index is 1260. The lowest BCUT2D eigenvalue weighted by molar-refractivity contribution is 0.740. The molecule has 0 aliphatic heterocycles. The highest BCUT2D eigenvalue weighted by atomic mass is 79.9. The van der Waals surface area contributed by atoms with E-state index in [1.54, 1.807) is 0 Å². The predicted molar refractivity (Wildman–Crippen MR) is 118 cm³/mol. The Morgan fingerprint density at radius 1 is 1.14 bits per heavy atom. The summed E-state index contributed by atoms with van der Waals surface area (Å²) < 4.78 is 3.27. The van der Waals surface area contributed by atoms with Gasteiger partial charge < -0.3 is 4.57 Å². The molecule has 0 unspecified atom stereocenters. The van der Waals surface area contributed by atoms with E-state index in [1.165, 1.54) is 18.4 Å². The number of fused-ring (bicyclic) bond motifs is 1. The van der Waals surface area contributed by atoms with Gasteiger partial charge >= 0.3 is 0 Å². The molecule has 0 amide bonds. The largest absolute Gasteiger partial charge is 0.308 e. The van der Waals surface area contributed by atoms with E-state index in [1.807, 2.05) is 30.5 Å². The van der Waals surface area contributed by atoms with Crippen LogP contribution < -0.4 is 0 Å². The van der Waals surface area contributed by atoms with Crippen molar-refractivity contribution in [3.63, 3.8) is 0 Å². The Morgan fingerprint density at radius 3 is 2.62 bits per heavy atom. The zero-order chi connectivity index (χ0) is 20.0. The molecule has 5 heteroatoms. The molecule has 1 aliphatic carbocycles. The van der Waals surface area contributed by atoms with Crippen LogP contribution in [0.15, 0.2) is 59.2 Å². The molecule has 1 saturated carbocycles. The molecule has 4 aromatic rings. The van der Waals surface area contributed by atoms with Gasteiger partial charge in [0.05, 0.1) is 18.2 Å². The number of hydrogen-bond donors (Lipinski definition) is 0. The summed E-state index contributed by atoms with van der Waals surface area (Å²) in [5.41, 5.74) is 7.00. The van der Waals surface area contributed by atoms with E-state index in [0.29, 0.717) is 11.5 Å². The minimum absolute atomic E-state index is 0.546. The van der Waals surface area contributed by atoms with Gasteiger partial charge in [-0.1, -0.05) is 42.5 Å². The summed E-state index contributed by atoms with van der Waals surface area (Å²) in [6.07, 6.45) is 4.27. The molecule has 4 nitrogen and oxygen atoms in total. The number of benzene rings is 2. The van der Waals surface area contributed by atoms with Gasteiger partial charge in [-0.25, -0.2) is 9.97 Å². The summed E-state index contributed by atoms with van der Waals surface area (Å²) in [4.78, 5) is 9.63. The van der Waals surface area contributed by atoms with Crippen LogP contribution in [0.5, 0.6) is 0 Å². The van der Waals surface area contributed by atoms with Crippen LogP contribution in [0.25, 0.3) is 22.3 Å². The van der Waals surface area contributed by atoms with Crippen LogP contribution in [0, 0.1) is 18.3 Å². The Labute approximate surface area is 178 Å². The first kappa shape index (κ1) is 18.1. The van der Waals surface area contributed by atoms with Crippen molar-refractivity contribution >= 4 is 27.1 Å². The zero-order valence-electron chi connectivity index (χ0n) is 16.1. The lowest BCUT2D eigenvalue weighted by Gasteiger charge is -2.10. The van der Waals surface area contributed by atoms with Crippen LogP contribution >= 0.6 is 15.9 Å². The van der Waals surface area contributed by atoms with Crippen molar-refractivity contribution in [2.75, 3.05) is 0 Å². The summed E-state index contributed by atoms with van der Waals surface area (Å²) in [6.45, 7) is 2.83. The molecule has 1 aliphatic rings. The number of nitrogens with zero attached hydrogens (tertiary/aromatic N) is 4. The molecule has 0 atom stereocenters. The molecule has 0 radical (unpaired) electrons. The Balaban J connectivity index is 1.52. The quantitative estimate of drug-likeness (QED) is 0.391. The molecule has 2 aromatic heterocycles. The van der Waals surface area contributed by atoms with Crippen molar-refractivity contribution in [3.8, 4) is 17.2 Å². The molecule has 1 fully saturated rings. The second-order valence-corrected chi connectivity index (χ2v) is 8.44. The monoisotopic (exact) mass is 442 g/mol. The van der Waals surface area contributed by atoms with Crippen molar-refractivity contribution < 1.29 is 0 Å². The Morgan fingerprint density at radius 2 is 1.90 bits per heavy atom. The van der Waals surface area contributed by atoms with E-state index in [0.717, 1.165) is 44.7 Å². The van der Waals surface area contributed by atoms with Crippen LogP contribution in [0.1, 0.15) is 41.3 Å². The molecule has 0 bridgehead atoms. The van der Waals surface area contributed by atoms with E-state index in [4.69, 9.17) is 4.98 Å². The molecule has 0 saturated heterocycles. The fraction of sp³-hybridized carbons (Fsp3) is 0.208. The van der Waals surface area contributed by atoms with Gasteiger partial charge in [-0.15, -0.1) is 0 Å². The molecule has 2 heterocycles. The maximum absolute atomic E-state index is 9.37. The highest BCUT2D eigenvalue weighted by Gasteiger charge is 2.30. The van der Waals surface area contributed by atoms with E-state index < -0.39 is 0 Å². The van der Waals surface area contributed by atoms with Crippen molar-refractivity contribution in [2.24, 2.45) is 0 Å². The second-order valence-electron chi connectivity index (χ2n) is 7.59. The minimum atomic E-state index is 0.546. The van der Waals surface area contributed by atoms with E-state index in [-0.39, 0.29) is 0 Å². The van der Waals surface area contributed by atoms with Gasteiger partial charge in [-0.05, 0) is 64.0 Å². The Hall–Kier alpha value is -2.97. The average molecular weight is 443 g/mol.